The lowest BCUT2D eigenvalue weighted by atomic mass is 9.93. The van der Waals surface area contributed by atoms with Crippen LogP contribution in [0.25, 0.3) is 0 Å². The number of aliphatic hydroxyl groups excluding tert-OH is 1. The van der Waals surface area contributed by atoms with E-state index in [0.29, 0.717) is 12.3 Å². The van der Waals surface area contributed by atoms with Crippen LogP contribution in [-0.2, 0) is 11.2 Å². The van der Waals surface area contributed by atoms with Crippen LogP contribution >= 0.6 is 0 Å². The Balaban J connectivity index is 1.83. The summed E-state index contributed by atoms with van der Waals surface area (Å²) in [5, 5.41) is 13.8. The first-order chi connectivity index (χ1) is 9.22. The zero-order valence-corrected chi connectivity index (χ0v) is 11.0. The molecule has 1 N–H and O–H groups in total. The summed E-state index contributed by atoms with van der Waals surface area (Å²) in [7, 11) is 0. The molecule has 1 aliphatic carbocycles. The highest BCUT2D eigenvalue weighted by molar-refractivity contribution is 5.79. The molecule has 1 amide bonds. The Labute approximate surface area is 112 Å². The van der Waals surface area contributed by atoms with E-state index >= 15 is 0 Å². The average Bonchev–Trinajstić information content (AvgIpc) is 2.99. The van der Waals surface area contributed by atoms with Crippen molar-refractivity contribution in [3.05, 3.63) is 35.4 Å². The average molecular weight is 258 g/mol. The number of hydrogen-bond donors (Lipinski definition) is 1. The van der Waals surface area contributed by atoms with E-state index in [-0.39, 0.29) is 30.6 Å². The summed E-state index contributed by atoms with van der Waals surface area (Å²) in [5.41, 5.74) is 2.72. The van der Waals surface area contributed by atoms with Crippen LogP contribution < -0.4 is 0 Å². The van der Waals surface area contributed by atoms with Crippen LogP contribution in [0.15, 0.2) is 24.3 Å². The standard InChI is InChI=1S/C15H18N2O2/c1-9-6-14(19)17-13(8-18)12-7-10-4-2-3-5-11(10)15(12)16(9)17/h2-5,9,12-13,15,18H,6-8H2,1H3. The predicted octanol–water partition coefficient (Wildman–Crippen LogP) is 1.11. The van der Waals surface area contributed by atoms with E-state index < -0.39 is 0 Å². The van der Waals surface area contributed by atoms with Gasteiger partial charge >= 0.3 is 0 Å². The lowest BCUT2D eigenvalue weighted by Gasteiger charge is -2.30. The second-order valence-corrected chi connectivity index (χ2v) is 5.93. The Bertz CT molecular complexity index is 545. The maximum absolute atomic E-state index is 12.2. The molecule has 4 atom stereocenters. The molecule has 4 nitrogen and oxygen atoms in total. The molecule has 2 aliphatic heterocycles. The Morgan fingerprint density at radius 3 is 2.89 bits per heavy atom. The summed E-state index contributed by atoms with van der Waals surface area (Å²) < 4.78 is 0. The van der Waals surface area contributed by atoms with Gasteiger partial charge in [-0.3, -0.25) is 9.80 Å². The van der Waals surface area contributed by atoms with Crippen LogP contribution in [0.4, 0.5) is 0 Å². The number of benzene rings is 1. The van der Waals surface area contributed by atoms with Gasteiger partial charge in [-0.1, -0.05) is 24.3 Å². The van der Waals surface area contributed by atoms with Gasteiger partial charge in [0.2, 0.25) is 5.91 Å². The Kier molecular flexibility index (Phi) is 2.29. The van der Waals surface area contributed by atoms with Crippen molar-refractivity contribution >= 4 is 5.91 Å². The minimum atomic E-state index is -0.0464. The molecule has 19 heavy (non-hydrogen) atoms. The second kappa shape index (κ2) is 3.81. The minimum absolute atomic E-state index is 0.0464. The SMILES string of the molecule is CC1CC(=O)N2C(CO)C3Cc4ccccc4C3N12. The third kappa shape index (κ3) is 1.33. The molecule has 1 aromatic carbocycles. The first-order valence-electron chi connectivity index (χ1n) is 7.01. The quantitative estimate of drug-likeness (QED) is 0.820. The molecular formula is C15H18N2O2. The molecule has 0 radical (unpaired) electrons. The number of fused-ring (bicyclic) bond motifs is 5. The molecule has 4 unspecified atom stereocenters. The van der Waals surface area contributed by atoms with Crippen molar-refractivity contribution < 1.29 is 9.90 Å². The van der Waals surface area contributed by atoms with E-state index in [1.165, 1.54) is 11.1 Å². The summed E-state index contributed by atoms with van der Waals surface area (Å²) in [4.78, 5) is 12.2. The minimum Gasteiger partial charge on any atom is -0.394 e. The molecule has 0 saturated carbocycles. The fourth-order valence-corrected chi connectivity index (χ4v) is 4.23. The van der Waals surface area contributed by atoms with Gasteiger partial charge in [-0.2, -0.15) is 0 Å². The maximum atomic E-state index is 12.2. The van der Waals surface area contributed by atoms with Crippen molar-refractivity contribution in [2.75, 3.05) is 6.61 Å². The van der Waals surface area contributed by atoms with Crippen molar-refractivity contribution in [3.8, 4) is 0 Å². The molecule has 100 valence electrons. The van der Waals surface area contributed by atoms with Crippen molar-refractivity contribution in [2.24, 2.45) is 5.92 Å². The topological polar surface area (TPSA) is 43.8 Å². The lowest BCUT2D eigenvalue weighted by Crippen LogP contribution is -2.43. The van der Waals surface area contributed by atoms with Crippen LogP contribution in [0.2, 0.25) is 0 Å². The third-order valence-electron chi connectivity index (χ3n) is 4.94. The fourth-order valence-electron chi connectivity index (χ4n) is 4.23. The highest BCUT2D eigenvalue weighted by Gasteiger charge is 2.57. The number of nitrogens with zero attached hydrogens (tertiary/aromatic N) is 2. The highest BCUT2D eigenvalue weighted by Crippen LogP contribution is 2.52. The van der Waals surface area contributed by atoms with Crippen LogP contribution in [0.3, 0.4) is 0 Å². The molecular weight excluding hydrogens is 240 g/mol. The lowest BCUT2D eigenvalue weighted by molar-refractivity contribution is -0.140. The number of carbonyl (C=O) groups is 1. The fraction of sp³-hybridized carbons (Fsp3) is 0.533. The van der Waals surface area contributed by atoms with E-state index in [1.807, 2.05) is 5.01 Å². The van der Waals surface area contributed by atoms with Crippen LogP contribution in [0.5, 0.6) is 0 Å². The van der Waals surface area contributed by atoms with Gasteiger partial charge in [-0.25, -0.2) is 5.01 Å². The van der Waals surface area contributed by atoms with Gasteiger partial charge in [-0.05, 0) is 24.5 Å². The molecule has 2 fully saturated rings. The van der Waals surface area contributed by atoms with E-state index in [2.05, 4.69) is 36.2 Å². The van der Waals surface area contributed by atoms with Crippen molar-refractivity contribution in [3.63, 3.8) is 0 Å². The number of aliphatic hydroxyl groups is 1. The Morgan fingerprint density at radius 2 is 2.11 bits per heavy atom. The van der Waals surface area contributed by atoms with Gasteiger partial charge < -0.3 is 5.11 Å². The van der Waals surface area contributed by atoms with Crippen LogP contribution in [0.1, 0.15) is 30.5 Å². The summed E-state index contributed by atoms with van der Waals surface area (Å²) in [6, 6.07) is 8.96. The summed E-state index contributed by atoms with van der Waals surface area (Å²) in [5.74, 6) is 0.507. The molecule has 0 bridgehead atoms. The molecule has 1 aromatic rings. The largest absolute Gasteiger partial charge is 0.394 e. The van der Waals surface area contributed by atoms with Crippen molar-refractivity contribution in [2.45, 2.75) is 37.9 Å². The molecule has 2 heterocycles. The molecule has 4 heteroatoms. The molecule has 0 spiro atoms. The van der Waals surface area contributed by atoms with Gasteiger partial charge in [0.1, 0.15) is 0 Å². The number of amides is 1. The summed E-state index contributed by atoms with van der Waals surface area (Å²) >= 11 is 0. The van der Waals surface area contributed by atoms with Gasteiger partial charge in [0.15, 0.2) is 0 Å². The Morgan fingerprint density at radius 1 is 1.32 bits per heavy atom. The number of hydrazine groups is 1. The van der Waals surface area contributed by atoms with Crippen molar-refractivity contribution in [1.29, 1.82) is 0 Å². The Hall–Kier alpha value is -1.39. The molecule has 3 aliphatic rings. The molecule has 2 saturated heterocycles. The monoisotopic (exact) mass is 258 g/mol. The zero-order chi connectivity index (χ0) is 13.1. The number of carbonyl (C=O) groups excluding carboxylic acids is 1. The first kappa shape index (κ1) is 11.4. The second-order valence-electron chi connectivity index (χ2n) is 5.93. The number of rotatable bonds is 1. The third-order valence-corrected chi connectivity index (χ3v) is 4.94. The molecule has 4 rings (SSSR count). The van der Waals surface area contributed by atoms with Crippen molar-refractivity contribution in [1.82, 2.24) is 10.0 Å². The number of hydrogen-bond acceptors (Lipinski definition) is 3. The van der Waals surface area contributed by atoms with Gasteiger partial charge in [-0.15, -0.1) is 0 Å². The van der Waals surface area contributed by atoms with Crippen LogP contribution in [-0.4, -0.2) is 39.7 Å². The van der Waals surface area contributed by atoms with E-state index in [9.17, 15) is 9.90 Å². The predicted molar refractivity (Wildman–Crippen MR) is 70.0 cm³/mol. The van der Waals surface area contributed by atoms with E-state index in [4.69, 9.17) is 0 Å². The molecule has 0 aromatic heterocycles. The van der Waals surface area contributed by atoms with Gasteiger partial charge in [0.25, 0.3) is 0 Å². The normalized spacial score (nSPS) is 36.5. The van der Waals surface area contributed by atoms with E-state index in [1.54, 1.807) is 0 Å². The van der Waals surface area contributed by atoms with Crippen LogP contribution in [0, 0.1) is 5.92 Å². The smallest absolute Gasteiger partial charge is 0.238 e. The van der Waals surface area contributed by atoms with E-state index in [0.717, 1.165) is 6.42 Å². The maximum Gasteiger partial charge on any atom is 0.238 e. The zero-order valence-electron chi connectivity index (χ0n) is 11.0. The highest BCUT2D eigenvalue weighted by atomic mass is 16.3. The summed E-state index contributed by atoms with van der Waals surface area (Å²) in [6.45, 7) is 2.17. The first-order valence-corrected chi connectivity index (χ1v) is 7.01. The summed E-state index contributed by atoms with van der Waals surface area (Å²) in [6.07, 6.45) is 1.54. The van der Waals surface area contributed by atoms with Gasteiger partial charge in [0.05, 0.1) is 18.7 Å². The van der Waals surface area contributed by atoms with Gasteiger partial charge in [0, 0.05) is 18.4 Å².